The second-order valence-electron chi connectivity index (χ2n) is 11.6. The molecule has 12 nitrogen and oxygen atoms in total. The lowest BCUT2D eigenvalue weighted by Gasteiger charge is -2.40. The molecule has 1 aliphatic rings. The lowest BCUT2D eigenvalue weighted by molar-refractivity contribution is 0.0803. The van der Waals surface area contributed by atoms with Crippen molar-refractivity contribution < 1.29 is 14.6 Å². The predicted octanol–water partition coefficient (Wildman–Crippen LogP) is 4.35. The van der Waals surface area contributed by atoms with Gasteiger partial charge in [-0.25, -0.2) is 14.2 Å². The number of likely N-dealkylation sites (tertiary alicyclic amines) is 1. The van der Waals surface area contributed by atoms with E-state index in [1.54, 1.807) is 15.6 Å². The molecule has 0 spiro atoms. The van der Waals surface area contributed by atoms with E-state index in [-0.39, 0.29) is 18.8 Å². The maximum atomic E-state index is 11.5. The molecule has 5 rings (SSSR count). The highest BCUT2D eigenvalue weighted by atomic mass is 28.3. The third kappa shape index (κ3) is 5.84. The Morgan fingerprint density at radius 1 is 1.18 bits per heavy atom. The van der Waals surface area contributed by atoms with Crippen molar-refractivity contribution in [2.24, 2.45) is 0 Å². The normalized spacial score (nSPS) is 17.9. The Bertz CT molecular complexity index is 1450. The third-order valence-electron chi connectivity index (χ3n) is 7.53. The summed E-state index contributed by atoms with van der Waals surface area (Å²) in [6.45, 7) is 10.4. The SMILES string of the molecule is C[C@@H]1C[C@H](N(C)c2ccc(-c3ccc(-n4cccn4)c4nnn(COCC[Si](C)(C)C)c34)nn2)CCN1C(=O)O. The fourth-order valence-corrected chi connectivity index (χ4v) is 5.88. The maximum Gasteiger partial charge on any atom is 0.407 e. The number of aromatic nitrogens is 7. The molecule has 212 valence electrons. The highest BCUT2D eigenvalue weighted by molar-refractivity contribution is 6.76. The summed E-state index contributed by atoms with van der Waals surface area (Å²) >= 11 is 0. The zero-order valence-corrected chi connectivity index (χ0v) is 24.7. The fraction of sp³-hybridized carbons (Fsp3) is 0.481. The number of anilines is 1. The number of nitrogens with zero attached hydrogens (tertiary/aromatic N) is 9. The summed E-state index contributed by atoms with van der Waals surface area (Å²) in [5.41, 5.74) is 3.90. The Labute approximate surface area is 234 Å². The predicted molar refractivity (Wildman–Crippen MR) is 155 cm³/mol. The molecule has 3 aromatic heterocycles. The second-order valence-corrected chi connectivity index (χ2v) is 17.2. The second kappa shape index (κ2) is 11.3. The Hall–Kier alpha value is -3.84. The van der Waals surface area contributed by atoms with Crippen LogP contribution in [0.25, 0.3) is 28.0 Å². The van der Waals surface area contributed by atoms with Gasteiger partial charge in [0.2, 0.25) is 0 Å². The number of fused-ring (bicyclic) bond motifs is 1. The van der Waals surface area contributed by atoms with Crippen LogP contribution in [-0.2, 0) is 11.5 Å². The molecular formula is C27H37N9O3Si. The van der Waals surface area contributed by atoms with Gasteiger partial charge in [0, 0.05) is 58.3 Å². The van der Waals surface area contributed by atoms with Crippen molar-refractivity contribution in [3.63, 3.8) is 0 Å². The monoisotopic (exact) mass is 563 g/mol. The van der Waals surface area contributed by atoms with E-state index in [0.29, 0.717) is 24.4 Å². The van der Waals surface area contributed by atoms with Crippen LogP contribution in [0.1, 0.15) is 19.8 Å². The van der Waals surface area contributed by atoms with E-state index in [0.717, 1.165) is 41.5 Å². The molecule has 1 aliphatic heterocycles. The van der Waals surface area contributed by atoms with Gasteiger partial charge in [0.1, 0.15) is 17.8 Å². The summed E-state index contributed by atoms with van der Waals surface area (Å²) in [5.74, 6) is 0.746. The van der Waals surface area contributed by atoms with Gasteiger partial charge in [-0.2, -0.15) is 5.10 Å². The van der Waals surface area contributed by atoms with Crippen LogP contribution >= 0.6 is 0 Å². The van der Waals surface area contributed by atoms with Gasteiger partial charge in [0.15, 0.2) is 5.82 Å². The van der Waals surface area contributed by atoms with Gasteiger partial charge < -0.3 is 19.6 Å². The Kier molecular flexibility index (Phi) is 7.85. The van der Waals surface area contributed by atoms with Gasteiger partial charge in [-0.3, -0.25) is 0 Å². The van der Waals surface area contributed by atoms with E-state index in [9.17, 15) is 9.90 Å². The molecule has 40 heavy (non-hydrogen) atoms. The van der Waals surface area contributed by atoms with E-state index >= 15 is 0 Å². The molecular weight excluding hydrogens is 526 g/mol. The van der Waals surface area contributed by atoms with Gasteiger partial charge in [0.25, 0.3) is 0 Å². The van der Waals surface area contributed by atoms with Crippen LogP contribution in [0, 0.1) is 0 Å². The molecule has 2 atom stereocenters. The highest BCUT2D eigenvalue weighted by Crippen LogP contribution is 2.31. The number of rotatable bonds is 9. The molecule has 4 aromatic rings. The average Bonchev–Trinajstić information content (AvgIpc) is 3.60. The first-order valence-corrected chi connectivity index (χ1v) is 17.3. The number of benzene rings is 1. The van der Waals surface area contributed by atoms with Crippen molar-refractivity contribution in [3.8, 4) is 16.9 Å². The van der Waals surface area contributed by atoms with Crippen molar-refractivity contribution in [3.05, 3.63) is 42.7 Å². The number of carbonyl (C=O) groups is 1. The maximum absolute atomic E-state index is 11.5. The van der Waals surface area contributed by atoms with Gasteiger partial charge in [0.05, 0.1) is 11.4 Å². The molecule has 0 unspecified atom stereocenters. The smallest absolute Gasteiger partial charge is 0.407 e. The number of hydrogen-bond acceptors (Lipinski definition) is 8. The van der Waals surface area contributed by atoms with Crippen LogP contribution < -0.4 is 4.90 Å². The summed E-state index contributed by atoms with van der Waals surface area (Å²) < 4.78 is 9.58. The molecule has 0 bridgehead atoms. The molecule has 0 radical (unpaired) electrons. The Morgan fingerprint density at radius 2 is 2.00 bits per heavy atom. The zero-order valence-electron chi connectivity index (χ0n) is 23.7. The first-order valence-electron chi connectivity index (χ1n) is 13.6. The lowest BCUT2D eigenvalue weighted by Crippen LogP contribution is -2.50. The minimum atomic E-state index is -1.21. The van der Waals surface area contributed by atoms with Crippen LogP contribution in [0.3, 0.4) is 0 Å². The minimum absolute atomic E-state index is 0.0479. The molecule has 1 fully saturated rings. The lowest BCUT2D eigenvalue weighted by atomic mass is 9.97. The van der Waals surface area contributed by atoms with Crippen molar-refractivity contribution in [2.45, 2.75) is 64.3 Å². The highest BCUT2D eigenvalue weighted by Gasteiger charge is 2.31. The first-order chi connectivity index (χ1) is 19.1. The van der Waals surface area contributed by atoms with Crippen LogP contribution in [0.2, 0.25) is 25.7 Å². The molecule has 0 aliphatic carbocycles. The van der Waals surface area contributed by atoms with Crippen LogP contribution in [0.15, 0.2) is 42.7 Å². The van der Waals surface area contributed by atoms with Crippen molar-refractivity contribution in [2.75, 3.05) is 25.1 Å². The molecule has 1 aromatic carbocycles. The summed E-state index contributed by atoms with van der Waals surface area (Å²) in [6, 6.07) is 11.0. The van der Waals surface area contributed by atoms with E-state index in [2.05, 4.69) is 50.1 Å². The van der Waals surface area contributed by atoms with Crippen molar-refractivity contribution in [1.82, 2.24) is 39.9 Å². The summed E-state index contributed by atoms with van der Waals surface area (Å²) in [7, 11) is 0.777. The number of piperidine rings is 1. The Morgan fingerprint density at radius 3 is 2.65 bits per heavy atom. The molecule has 1 saturated heterocycles. The topological polar surface area (TPSA) is 127 Å². The molecule has 4 heterocycles. The van der Waals surface area contributed by atoms with Crippen LogP contribution in [0.5, 0.6) is 0 Å². The van der Waals surface area contributed by atoms with Gasteiger partial charge >= 0.3 is 6.09 Å². The fourth-order valence-electron chi connectivity index (χ4n) is 5.12. The van der Waals surface area contributed by atoms with Crippen LogP contribution in [0.4, 0.5) is 10.6 Å². The number of ether oxygens (including phenoxy) is 1. The zero-order chi connectivity index (χ0) is 28.4. The Balaban J connectivity index is 1.41. The minimum Gasteiger partial charge on any atom is -0.465 e. The molecule has 0 saturated carbocycles. The molecule has 1 N–H and O–H groups in total. The van der Waals surface area contributed by atoms with E-state index in [4.69, 9.17) is 4.74 Å². The average molecular weight is 564 g/mol. The van der Waals surface area contributed by atoms with E-state index in [1.807, 2.05) is 50.5 Å². The number of amides is 1. The van der Waals surface area contributed by atoms with E-state index < -0.39 is 14.2 Å². The standard InChI is InChI=1S/C27H37N9O3Si/c1-19-17-20(11-14-34(19)27(37)38)33(2)24-10-8-22(29-30-24)21-7-9-23(35-13-6-12-28-35)25-26(21)36(32-31-25)18-39-15-16-40(3,4)5/h6-10,12-13,19-20H,11,14-18H2,1-5H3,(H,37,38)/t19-,20-/m1/s1. The first kappa shape index (κ1) is 27.7. The van der Waals surface area contributed by atoms with Gasteiger partial charge in [-0.1, -0.05) is 24.9 Å². The van der Waals surface area contributed by atoms with Crippen LogP contribution in [-0.4, -0.2) is 91.4 Å². The van der Waals surface area contributed by atoms with Gasteiger partial charge in [-0.15, -0.1) is 15.3 Å². The summed E-state index contributed by atoms with van der Waals surface area (Å²) in [4.78, 5) is 15.1. The van der Waals surface area contributed by atoms with Crippen molar-refractivity contribution >= 4 is 31.0 Å². The van der Waals surface area contributed by atoms with Gasteiger partial charge in [-0.05, 0) is 56.1 Å². The molecule has 13 heteroatoms. The largest absolute Gasteiger partial charge is 0.465 e. The summed E-state index contributed by atoms with van der Waals surface area (Å²) in [5, 5.41) is 31.9. The third-order valence-corrected chi connectivity index (χ3v) is 9.24. The quantitative estimate of drug-likeness (QED) is 0.233. The van der Waals surface area contributed by atoms with E-state index in [1.165, 1.54) is 4.90 Å². The summed E-state index contributed by atoms with van der Waals surface area (Å²) in [6.07, 6.45) is 4.23. The molecule has 1 amide bonds. The number of hydrogen-bond donors (Lipinski definition) is 1. The van der Waals surface area contributed by atoms with Crippen molar-refractivity contribution in [1.29, 1.82) is 0 Å². The number of carboxylic acid groups (broad SMARTS) is 1.